The predicted molar refractivity (Wildman–Crippen MR) is 181 cm³/mol. The Labute approximate surface area is 278 Å². The van der Waals surface area contributed by atoms with Crippen molar-refractivity contribution in [2.75, 3.05) is 71.3 Å². The second kappa shape index (κ2) is 14.5. The minimum Gasteiger partial charge on any atom is -0.507 e. The Hall–Kier alpha value is -3.83. The number of hydrogen-bond donors (Lipinski definition) is 2. The number of anilines is 1. The van der Waals surface area contributed by atoms with E-state index >= 15 is 0 Å². The van der Waals surface area contributed by atoms with Gasteiger partial charge in [-0.15, -0.1) is 0 Å². The Morgan fingerprint density at radius 2 is 1.51 bits per heavy atom. The number of ether oxygens (including phenoxy) is 1. The van der Waals surface area contributed by atoms with Crippen LogP contribution in [-0.4, -0.2) is 132 Å². The lowest BCUT2D eigenvalue weighted by Gasteiger charge is -2.42. The normalized spacial score (nSPS) is 21.2. The van der Waals surface area contributed by atoms with Crippen LogP contribution in [0.25, 0.3) is 0 Å². The number of carbonyl (C=O) groups is 3. The maximum atomic E-state index is 14.0. The van der Waals surface area contributed by atoms with Crippen LogP contribution in [0.3, 0.4) is 0 Å². The molecule has 1 atom stereocenters. The Morgan fingerprint density at radius 1 is 0.872 bits per heavy atom. The predicted octanol–water partition coefficient (Wildman–Crippen LogP) is 3.85. The van der Waals surface area contributed by atoms with Crippen LogP contribution in [0.1, 0.15) is 47.9 Å². The van der Waals surface area contributed by atoms with Crippen molar-refractivity contribution in [3.05, 3.63) is 58.7 Å². The smallest absolute Gasteiger partial charge is 0.410 e. The first kappa shape index (κ1) is 33.1. The Kier molecular flexibility index (Phi) is 10.2. The summed E-state index contributed by atoms with van der Waals surface area (Å²) in [7, 11) is 2.17. The maximum absolute atomic E-state index is 14.0. The van der Waals surface area contributed by atoms with E-state index in [-0.39, 0.29) is 30.2 Å². The first-order valence-electron chi connectivity index (χ1n) is 17.3. The number of hydrogen-bond acceptors (Lipinski definition) is 7. The van der Waals surface area contributed by atoms with Crippen LogP contribution in [0.2, 0.25) is 0 Å². The van der Waals surface area contributed by atoms with Crippen molar-refractivity contribution in [3.8, 4) is 5.75 Å². The van der Waals surface area contributed by atoms with Crippen LogP contribution < -0.4 is 5.32 Å². The number of piperazine rings is 1. The van der Waals surface area contributed by atoms with Gasteiger partial charge in [0.15, 0.2) is 6.10 Å². The molecule has 0 spiro atoms. The first-order valence-corrected chi connectivity index (χ1v) is 17.3. The SMILES string of the molecule is Cc1cc(CC(OC(=O)N2CCC(N3CCc4ccccc4NC3=O)CC2)C(=O)N2CCN(C3CCN(C)CC3)CC2)cc(C)c1O. The van der Waals surface area contributed by atoms with Gasteiger partial charge in [-0.2, -0.15) is 0 Å². The first-order chi connectivity index (χ1) is 22.7. The summed E-state index contributed by atoms with van der Waals surface area (Å²) in [6, 6.07) is 12.1. The summed E-state index contributed by atoms with van der Waals surface area (Å²) in [4.78, 5) is 51.0. The van der Waals surface area contributed by atoms with Gasteiger partial charge in [0.2, 0.25) is 0 Å². The fourth-order valence-corrected chi connectivity index (χ4v) is 7.72. The summed E-state index contributed by atoms with van der Waals surface area (Å²) in [5.41, 5.74) is 4.29. The fourth-order valence-electron chi connectivity index (χ4n) is 7.72. The van der Waals surface area contributed by atoms with Crippen molar-refractivity contribution >= 4 is 23.7 Å². The summed E-state index contributed by atoms with van der Waals surface area (Å²) in [6.07, 6.45) is 3.16. The lowest BCUT2D eigenvalue weighted by Crippen LogP contribution is -2.56. The minimum atomic E-state index is -0.965. The molecule has 3 fully saturated rings. The van der Waals surface area contributed by atoms with Crippen molar-refractivity contribution in [1.29, 1.82) is 0 Å². The van der Waals surface area contributed by atoms with Crippen LogP contribution in [0.15, 0.2) is 36.4 Å². The van der Waals surface area contributed by atoms with Crippen LogP contribution in [-0.2, 0) is 22.4 Å². The highest BCUT2D eigenvalue weighted by molar-refractivity contribution is 5.91. The van der Waals surface area contributed by atoms with Gasteiger partial charge < -0.3 is 34.8 Å². The molecular weight excluding hydrogens is 596 g/mol. The van der Waals surface area contributed by atoms with Crippen molar-refractivity contribution in [1.82, 2.24) is 24.5 Å². The van der Waals surface area contributed by atoms with Gasteiger partial charge >= 0.3 is 12.1 Å². The van der Waals surface area contributed by atoms with Gasteiger partial charge in [0.1, 0.15) is 5.75 Å². The molecular formula is C36H50N6O5. The number of benzene rings is 2. The Morgan fingerprint density at radius 3 is 2.19 bits per heavy atom. The lowest BCUT2D eigenvalue weighted by atomic mass is 10.00. The number of rotatable bonds is 6. The van der Waals surface area contributed by atoms with Gasteiger partial charge in [-0.05, 0) is 94.4 Å². The standard InChI is InChI=1S/C36H50N6O5/c1-25-22-27(23-26(2)33(25)43)24-32(34(44)40-20-18-39(19-21-40)29-9-13-38(3)14-10-29)47-36(46)41-15-11-30(12-16-41)42-17-8-28-6-4-5-7-31(28)37-35(42)45/h4-7,22-23,29-30,32,43H,8-21,24H2,1-3H3,(H,37,45). The molecule has 4 aliphatic rings. The van der Waals surface area contributed by atoms with Gasteiger partial charge in [-0.1, -0.05) is 30.3 Å². The summed E-state index contributed by atoms with van der Waals surface area (Å²) < 4.78 is 6.06. The highest BCUT2D eigenvalue weighted by atomic mass is 16.6. The molecule has 0 bridgehead atoms. The van der Waals surface area contributed by atoms with Crippen molar-refractivity contribution in [3.63, 3.8) is 0 Å². The lowest BCUT2D eigenvalue weighted by molar-refractivity contribution is -0.143. The van der Waals surface area contributed by atoms with E-state index < -0.39 is 12.2 Å². The molecule has 4 aliphatic heterocycles. The minimum absolute atomic E-state index is 0.0228. The molecule has 0 aliphatic carbocycles. The van der Waals surface area contributed by atoms with E-state index in [4.69, 9.17) is 4.74 Å². The van der Waals surface area contributed by atoms with Crippen LogP contribution >= 0.6 is 0 Å². The number of likely N-dealkylation sites (tertiary alicyclic amines) is 2. The summed E-state index contributed by atoms with van der Waals surface area (Å²) in [5, 5.41) is 13.4. The van der Waals surface area contributed by atoms with Crippen molar-refractivity contribution in [2.24, 2.45) is 0 Å². The molecule has 4 amide bonds. The number of nitrogens with zero attached hydrogens (tertiary/aromatic N) is 5. The molecule has 0 saturated carbocycles. The number of nitrogens with one attached hydrogen (secondary N) is 1. The van der Waals surface area contributed by atoms with Crippen LogP contribution in [0.4, 0.5) is 15.3 Å². The monoisotopic (exact) mass is 646 g/mol. The second-order valence-corrected chi connectivity index (χ2v) is 13.8. The summed E-state index contributed by atoms with van der Waals surface area (Å²) in [6.45, 7) is 10.3. The number of urea groups is 1. The maximum Gasteiger partial charge on any atom is 0.410 e. The van der Waals surface area contributed by atoms with Crippen molar-refractivity contribution < 1.29 is 24.2 Å². The third kappa shape index (κ3) is 7.67. The highest BCUT2D eigenvalue weighted by Gasteiger charge is 2.36. The molecule has 0 aromatic heterocycles. The number of phenolic OH excluding ortho intramolecular Hbond substituents is 1. The number of carbonyl (C=O) groups excluding carboxylic acids is 3. The van der Waals surface area contributed by atoms with Gasteiger partial charge in [-0.3, -0.25) is 9.69 Å². The zero-order chi connectivity index (χ0) is 33.1. The summed E-state index contributed by atoms with van der Waals surface area (Å²) >= 11 is 0. The molecule has 6 rings (SSSR count). The Balaban J connectivity index is 1.08. The average Bonchev–Trinajstić information content (AvgIpc) is 3.25. The second-order valence-electron chi connectivity index (χ2n) is 13.8. The number of para-hydroxylation sites is 1. The highest BCUT2D eigenvalue weighted by Crippen LogP contribution is 2.27. The third-order valence-corrected chi connectivity index (χ3v) is 10.6. The number of amides is 4. The molecule has 254 valence electrons. The third-order valence-electron chi connectivity index (χ3n) is 10.6. The fraction of sp³-hybridized carbons (Fsp3) is 0.583. The van der Waals surface area contributed by atoms with E-state index in [0.717, 1.165) is 73.4 Å². The number of aromatic hydroxyl groups is 1. The number of piperidine rings is 2. The molecule has 3 saturated heterocycles. The van der Waals surface area contributed by atoms with Gasteiger partial charge in [0.05, 0.1) is 0 Å². The number of fused-ring (bicyclic) bond motifs is 1. The van der Waals surface area contributed by atoms with E-state index in [1.54, 1.807) is 4.90 Å². The van der Waals surface area contributed by atoms with E-state index in [1.165, 1.54) is 0 Å². The zero-order valence-electron chi connectivity index (χ0n) is 28.1. The number of phenols is 1. The van der Waals surface area contributed by atoms with Crippen LogP contribution in [0.5, 0.6) is 5.75 Å². The molecule has 2 aromatic carbocycles. The molecule has 2 N–H and O–H groups in total. The largest absolute Gasteiger partial charge is 0.507 e. The van der Waals surface area contributed by atoms with E-state index in [1.807, 2.05) is 60.0 Å². The molecule has 11 heteroatoms. The van der Waals surface area contributed by atoms with E-state index in [2.05, 4.69) is 22.2 Å². The topological polar surface area (TPSA) is 109 Å². The van der Waals surface area contributed by atoms with Gasteiger partial charge in [-0.25, -0.2) is 9.59 Å². The zero-order valence-corrected chi connectivity index (χ0v) is 28.1. The molecule has 4 heterocycles. The Bertz CT molecular complexity index is 1420. The van der Waals surface area contributed by atoms with Gasteiger partial charge in [0.25, 0.3) is 5.91 Å². The molecule has 0 radical (unpaired) electrons. The van der Waals surface area contributed by atoms with Crippen molar-refractivity contribution in [2.45, 2.75) is 70.6 Å². The molecule has 11 nitrogen and oxygen atoms in total. The molecule has 47 heavy (non-hydrogen) atoms. The van der Waals surface area contributed by atoms with Crippen LogP contribution in [0, 0.1) is 13.8 Å². The quantitative estimate of drug-likeness (QED) is 0.491. The molecule has 1 unspecified atom stereocenters. The number of aryl methyl sites for hydroxylation is 2. The van der Waals surface area contributed by atoms with E-state index in [9.17, 15) is 19.5 Å². The average molecular weight is 647 g/mol. The summed E-state index contributed by atoms with van der Waals surface area (Å²) in [5.74, 6) is 0.0731. The van der Waals surface area contributed by atoms with E-state index in [0.29, 0.717) is 51.6 Å². The van der Waals surface area contributed by atoms with Gasteiger partial charge in [0, 0.05) is 70.0 Å². The molecule has 2 aromatic rings.